The first-order valence-corrected chi connectivity index (χ1v) is 6.64. The smallest absolute Gasteiger partial charge is 0.304 e. The second-order valence-electron chi connectivity index (χ2n) is 3.54. The lowest BCUT2D eigenvalue weighted by molar-refractivity contribution is -0.387. The van der Waals surface area contributed by atoms with E-state index in [0.29, 0.717) is 12.2 Å². The van der Waals surface area contributed by atoms with Gasteiger partial charge in [-0.2, -0.15) is 4.39 Å². The summed E-state index contributed by atoms with van der Waals surface area (Å²) in [6.07, 6.45) is 0. The van der Waals surface area contributed by atoms with Crippen molar-refractivity contribution in [3.05, 3.63) is 54.9 Å². The second-order valence-corrected chi connectivity index (χ2v) is 5.83. The van der Waals surface area contributed by atoms with E-state index in [9.17, 15) is 14.5 Å². The summed E-state index contributed by atoms with van der Waals surface area (Å²) in [6, 6.07) is 5.72. The van der Waals surface area contributed by atoms with Crippen LogP contribution in [0.1, 0.15) is 5.56 Å². The highest BCUT2D eigenvalue weighted by molar-refractivity contribution is 9.11. The average Bonchev–Trinajstić information content (AvgIpc) is 2.72. The number of nitrogens with zero attached hydrogens (tertiary/aromatic N) is 1. The third-order valence-electron chi connectivity index (χ3n) is 2.26. The first-order chi connectivity index (χ1) is 8.56. The first-order valence-electron chi connectivity index (χ1n) is 4.97. The molecule has 0 aliphatic rings. The van der Waals surface area contributed by atoms with Crippen molar-refractivity contribution in [1.29, 1.82) is 0 Å². The fraction of sp³-hybridized carbons (Fsp3) is 0.0909. The number of hydrogen-bond donors (Lipinski definition) is 1. The van der Waals surface area contributed by atoms with Crippen molar-refractivity contribution < 1.29 is 9.31 Å². The number of benzene rings is 1. The molecule has 0 bridgehead atoms. The third kappa shape index (κ3) is 3.05. The number of hydrogen-bond acceptors (Lipinski definition) is 4. The minimum absolute atomic E-state index is 0.514. The summed E-state index contributed by atoms with van der Waals surface area (Å²) in [7, 11) is 0. The molecule has 7 heteroatoms. The van der Waals surface area contributed by atoms with E-state index < -0.39 is 16.4 Å². The monoisotopic (exact) mass is 330 g/mol. The van der Waals surface area contributed by atoms with Crippen molar-refractivity contribution in [3.63, 3.8) is 0 Å². The Bertz CT molecular complexity index is 588. The van der Waals surface area contributed by atoms with Gasteiger partial charge >= 0.3 is 5.69 Å². The molecule has 94 valence electrons. The lowest BCUT2D eigenvalue weighted by atomic mass is 10.2. The Morgan fingerprint density at radius 3 is 2.78 bits per heavy atom. The van der Waals surface area contributed by atoms with Crippen LogP contribution in [-0.2, 0) is 6.54 Å². The predicted octanol–water partition coefficient (Wildman–Crippen LogP) is 4.17. The molecule has 0 fully saturated rings. The normalized spacial score (nSPS) is 10.3. The molecular weight excluding hydrogens is 323 g/mol. The van der Waals surface area contributed by atoms with Gasteiger partial charge in [0, 0.05) is 24.4 Å². The molecule has 0 aliphatic carbocycles. The summed E-state index contributed by atoms with van der Waals surface area (Å²) >= 11 is 4.91. The molecule has 2 aromatic rings. The zero-order chi connectivity index (χ0) is 13.1. The summed E-state index contributed by atoms with van der Waals surface area (Å²) in [5.74, 6) is -0.837. The van der Waals surface area contributed by atoms with Gasteiger partial charge in [-0.3, -0.25) is 10.1 Å². The van der Waals surface area contributed by atoms with Crippen molar-refractivity contribution in [2.24, 2.45) is 0 Å². The Hall–Kier alpha value is -1.47. The molecule has 1 heterocycles. The van der Waals surface area contributed by atoms with Gasteiger partial charge in [0.15, 0.2) is 0 Å². The molecule has 1 aromatic carbocycles. The lowest BCUT2D eigenvalue weighted by Crippen LogP contribution is -1.99. The van der Waals surface area contributed by atoms with E-state index in [4.69, 9.17) is 0 Å². The average molecular weight is 331 g/mol. The van der Waals surface area contributed by atoms with Crippen molar-refractivity contribution in [2.45, 2.75) is 6.54 Å². The molecule has 0 unspecified atom stereocenters. The summed E-state index contributed by atoms with van der Waals surface area (Å²) in [5.41, 5.74) is 1.06. The van der Waals surface area contributed by atoms with Crippen LogP contribution in [0.25, 0.3) is 0 Å². The number of halogens is 2. The lowest BCUT2D eigenvalue weighted by Gasteiger charge is -2.04. The number of nitro benzene ring substituents is 1. The Morgan fingerprint density at radius 2 is 2.22 bits per heavy atom. The van der Waals surface area contributed by atoms with E-state index in [0.717, 1.165) is 21.5 Å². The van der Waals surface area contributed by atoms with Crippen molar-refractivity contribution in [2.75, 3.05) is 5.32 Å². The van der Waals surface area contributed by atoms with Crippen LogP contribution in [0.5, 0.6) is 0 Å². The van der Waals surface area contributed by atoms with Crippen LogP contribution in [0.15, 0.2) is 33.4 Å². The van der Waals surface area contributed by atoms with Gasteiger partial charge in [-0.05, 0) is 39.0 Å². The topological polar surface area (TPSA) is 55.2 Å². The van der Waals surface area contributed by atoms with E-state index in [2.05, 4.69) is 21.2 Å². The maximum Gasteiger partial charge on any atom is 0.304 e. The minimum atomic E-state index is -0.837. The Kier molecular flexibility index (Phi) is 3.93. The first kappa shape index (κ1) is 13.0. The molecule has 0 radical (unpaired) electrons. The number of nitro groups is 1. The molecule has 0 saturated heterocycles. The second kappa shape index (κ2) is 5.45. The maximum absolute atomic E-state index is 13.3. The van der Waals surface area contributed by atoms with Gasteiger partial charge in [-0.1, -0.05) is 0 Å². The van der Waals surface area contributed by atoms with E-state index >= 15 is 0 Å². The fourth-order valence-electron chi connectivity index (χ4n) is 1.41. The molecule has 1 N–H and O–H groups in total. The van der Waals surface area contributed by atoms with Crippen LogP contribution in [0.2, 0.25) is 0 Å². The highest BCUT2D eigenvalue weighted by Gasteiger charge is 2.13. The number of rotatable bonds is 4. The summed E-state index contributed by atoms with van der Waals surface area (Å²) in [5, 5.41) is 15.4. The van der Waals surface area contributed by atoms with Crippen molar-refractivity contribution in [3.8, 4) is 0 Å². The van der Waals surface area contributed by atoms with E-state index in [1.165, 1.54) is 6.07 Å². The highest BCUT2D eigenvalue weighted by Crippen LogP contribution is 2.23. The Balaban J connectivity index is 2.06. The van der Waals surface area contributed by atoms with Crippen LogP contribution in [0, 0.1) is 15.9 Å². The van der Waals surface area contributed by atoms with Gasteiger partial charge in [0.05, 0.1) is 8.71 Å². The quantitative estimate of drug-likeness (QED) is 0.676. The van der Waals surface area contributed by atoms with E-state index in [1.807, 2.05) is 11.4 Å². The van der Waals surface area contributed by atoms with Crippen LogP contribution >= 0.6 is 27.3 Å². The molecule has 1 aromatic heterocycles. The number of nitrogens with one attached hydrogen (secondary N) is 1. The number of thiophene rings is 1. The summed E-state index contributed by atoms with van der Waals surface area (Å²) in [6.45, 7) is 0.541. The van der Waals surface area contributed by atoms with E-state index in [-0.39, 0.29) is 0 Å². The van der Waals surface area contributed by atoms with Crippen LogP contribution in [0.3, 0.4) is 0 Å². The van der Waals surface area contributed by atoms with Gasteiger partial charge in [0.1, 0.15) is 0 Å². The summed E-state index contributed by atoms with van der Waals surface area (Å²) < 4.78 is 14.4. The van der Waals surface area contributed by atoms with E-state index in [1.54, 1.807) is 11.3 Å². The largest absolute Gasteiger partial charge is 0.381 e. The molecule has 0 aliphatic heterocycles. The van der Waals surface area contributed by atoms with Crippen LogP contribution in [0.4, 0.5) is 15.8 Å². The zero-order valence-electron chi connectivity index (χ0n) is 9.02. The summed E-state index contributed by atoms with van der Waals surface area (Å²) in [4.78, 5) is 9.72. The highest BCUT2D eigenvalue weighted by atomic mass is 79.9. The molecular formula is C11H8BrFN2O2S. The standard InChI is InChI=1S/C11H8BrFN2O2S/c12-11-3-7(6-18-11)5-14-8-1-2-10(15(16)17)9(13)4-8/h1-4,6,14H,5H2. The zero-order valence-corrected chi connectivity index (χ0v) is 11.4. The van der Waals surface area contributed by atoms with Gasteiger partial charge < -0.3 is 5.32 Å². The van der Waals surface area contributed by atoms with Crippen molar-refractivity contribution >= 4 is 38.6 Å². The molecule has 2 rings (SSSR count). The third-order valence-corrected chi connectivity index (χ3v) is 3.82. The van der Waals surface area contributed by atoms with Gasteiger partial charge in [0.25, 0.3) is 0 Å². The van der Waals surface area contributed by atoms with Crippen LogP contribution < -0.4 is 5.32 Å². The van der Waals surface area contributed by atoms with Gasteiger partial charge in [0.2, 0.25) is 5.82 Å². The predicted molar refractivity (Wildman–Crippen MR) is 72.4 cm³/mol. The SMILES string of the molecule is O=[N+]([O-])c1ccc(NCc2csc(Br)c2)cc1F. The molecule has 4 nitrogen and oxygen atoms in total. The maximum atomic E-state index is 13.3. The molecule has 0 amide bonds. The molecule has 18 heavy (non-hydrogen) atoms. The van der Waals surface area contributed by atoms with Crippen LogP contribution in [-0.4, -0.2) is 4.92 Å². The molecule has 0 saturated carbocycles. The number of anilines is 1. The van der Waals surface area contributed by atoms with Gasteiger partial charge in [-0.15, -0.1) is 11.3 Å². The van der Waals surface area contributed by atoms with Crippen molar-refractivity contribution in [1.82, 2.24) is 0 Å². The molecule has 0 atom stereocenters. The minimum Gasteiger partial charge on any atom is -0.381 e. The Labute approximate surface area is 115 Å². The Morgan fingerprint density at radius 1 is 1.44 bits per heavy atom. The fourth-order valence-corrected chi connectivity index (χ4v) is 2.62. The molecule has 0 spiro atoms. The van der Waals surface area contributed by atoms with Gasteiger partial charge in [-0.25, -0.2) is 0 Å².